The predicted molar refractivity (Wildman–Crippen MR) is 134 cm³/mol. The first-order valence-electron chi connectivity index (χ1n) is 12.2. The van der Waals surface area contributed by atoms with E-state index < -0.39 is 11.6 Å². The van der Waals surface area contributed by atoms with Crippen LogP contribution in [0.25, 0.3) is 5.65 Å². The minimum atomic E-state index is -1.08. The van der Waals surface area contributed by atoms with Gasteiger partial charge in [0, 0.05) is 24.8 Å². The number of nitrogens with zero attached hydrogens (tertiary/aromatic N) is 3. The summed E-state index contributed by atoms with van der Waals surface area (Å²) in [5, 5.41) is 14.7. The Morgan fingerprint density at radius 2 is 1.89 bits per heavy atom. The molecule has 0 radical (unpaired) electrons. The molecule has 0 spiro atoms. The first kappa shape index (κ1) is 25.7. The highest BCUT2D eigenvalue weighted by molar-refractivity contribution is 5.85. The monoisotopic (exact) mass is 494 g/mol. The first-order valence-corrected chi connectivity index (χ1v) is 12.2. The van der Waals surface area contributed by atoms with Crippen molar-refractivity contribution in [3.05, 3.63) is 65.6 Å². The minimum Gasteiger partial charge on any atom is -0.381 e. The van der Waals surface area contributed by atoms with Gasteiger partial charge in [-0.2, -0.15) is 0 Å². The second-order valence-electron chi connectivity index (χ2n) is 9.62. The van der Waals surface area contributed by atoms with Gasteiger partial charge in [-0.05, 0) is 44.4 Å². The van der Waals surface area contributed by atoms with Crippen molar-refractivity contribution in [3.8, 4) is 0 Å². The van der Waals surface area contributed by atoms with Crippen LogP contribution in [0.15, 0.2) is 48.5 Å². The average Bonchev–Trinajstić information content (AvgIpc) is 3.32. The largest absolute Gasteiger partial charge is 0.381 e. The number of nitrogens with two attached hydrogens (primary N) is 1. The van der Waals surface area contributed by atoms with Gasteiger partial charge >= 0.3 is 0 Å². The van der Waals surface area contributed by atoms with Crippen LogP contribution >= 0.6 is 0 Å². The van der Waals surface area contributed by atoms with Gasteiger partial charge in [-0.1, -0.05) is 36.4 Å². The zero-order chi connectivity index (χ0) is 25.5. The molecule has 0 aliphatic carbocycles. The topological polar surface area (TPSA) is 133 Å². The molecule has 0 unspecified atom stereocenters. The number of benzene rings is 1. The number of carbonyl (C=O) groups is 2. The molecule has 10 nitrogen and oxygen atoms in total. The van der Waals surface area contributed by atoms with Gasteiger partial charge < -0.3 is 25.8 Å². The molecule has 3 aromatic rings. The Bertz CT molecular complexity index is 1170. The summed E-state index contributed by atoms with van der Waals surface area (Å²) in [6.45, 7) is 5.33. The number of ether oxygens (including phenoxy) is 2. The molecule has 1 atom stereocenters. The Balaban J connectivity index is 1.55. The SMILES string of the molecule is CC(C)(N)C(=O)N[C@H](COCc1ccccc1)c1nnc2cccc(CNC(=O)C3CCOCC3)n12. The third-order valence-electron chi connectivity index (χ3n) is 6.17. The lowest BCUT2D eigenvalue weighted by molar-refractivity contribution is -0.128. The van der Waals surface area contributed by atoms with E-state index in [2.05, 4.69) is 20.8 Å². The van der Waals surface area contributed by atoms with Crippen LogP contribution in [0.4, 0.5) is 0 Å². The molecule has 1 fully saturated rings. The van der Waals surface area contributed by atoms with Crippen molar-refractivity contribution < 1.29 is 19.1 Å². The lowest BCUT2D eigenvalue weighted by atomic mass is 9.99. The van der Waals surface area contributed by atoms with Crippen molar-refractivity contribution in [2.24, 2.45) is 11.7 Å². The van der Waals surface area contributed by atoms with Crippen LogP contribution in [0.1, 0.15) is 49.8 Å². The molecular weight excluding hydrogens is 460 g/mol. The highest BCUT2D eigenvalue weighted by atomic mass is 16.5. The molecule has 1 saturated heterocycles. The summed E-state index contributed by atoms with van der Waals surface area (Å²) in [4.78, 5) is 25.5. The van der Waals surface area contributed by atoms with Crippen molar-refractivity contribution in [2.75, 3.05) is 19.8 Å². The predicted octanol–water partition coefficient (Wildman–Crippen LogP) is 1.88. The van der Waals surface area contributed by atoms with Gasteiger partial charge in [0.2, 0.25) is 11.8 Å². The van der Waals surface area contributed by atoms with Crippen molar-refractivity contribution in [1.29, 1.82) is 0 Å². The maximum absolute atomic E-state index is 12.8. The average molecular weight is 495 g/mol. The number of aromatic nitrogens is 3. The number of hydrogen-bond donors (Lipinski definition) is 3. The summed E-state index contributed by atoms with van der Waals surface area (Å²) in [7, 11) is 0. The number of nitrogens with one attached hydrogen (secondary N) is 2. The van der Waals surface area contributed by atoms with Gasteiger partial charge in [0.15, 0.2) is 11.5 Å². The molecule has 1 aromatic carbocycles. The summed E-state index contributed by atoms with van der Waals surface area (Å²) in [5.74, 6) is 0.124. The van der Waals surface area contributed by atoms with Gasteiger partial charge in [0.25, 0.3) is 0 Å². The number of rotatable bonds is 10. The van der Waals surface area contributed by atoms with Crippen molar-refractivity contribution >= 4 is 17.5 Å². The normalized spacial score (nSPS) is 15.5. The fraction of sp³-hybridized carbons (Fsp3) is 0.462. The van der Waals surface area contributed by atoms with E-state index in [0.717, 1.165) is 24.1 Å². The van der Waals surface area contributed by atoms with Crippen LogP contribution in [0.2, 0.25) is 0 Å². The molecule has 3 heterocycles. The summed E-state index contributed by atoms with van der Waals surface area (Å²) < 4.78 is 13.2. The minimum absolute atomic E-state index is 0.00542. The van der Waals surface area contributed by atoms with Crippen LogP contribution in [0, 0.1) is 5.92 Å². The Hall–Kier alpha value is -3.34. The van der Waals surface area contributed by atoms with Gasteiger partial charge in [-0.3, -0.25) is 14.0 Å². The standard InChI is InChI=1S/C26H34N6O4/c1-26(2,27)25(34)29-21(17-36-16-18-7-4-3-5-8-18)23-31-30-22-10-6-9-20(32(22)23)15-28-24(33)19-11-13-35-14-12-19/h3-10,19,21H,11-17,27H2,1-2H3,(H,28,33)(H,29,34)/t21-/m1/s1. The highest BCUT2D eigenvalue weighted by Gasteiger charge is 2.29. The fourth-order valence-electron chi connectivity index (χ4n) is 4.07. The Labute approximate surface area is 210 Å². The molecule has 0 saturated carbocycles. The quantitative estimate of drug-likeness (QED) is 0.392. The zero-order valence-electron chi connectivity index (χ0n) is 20.8. The van der Waals surface area contributed by atoms with Crippen molar-refractivity contribution in [1.82, 2.24) is 25.2 Å². The van der Waals surface area contributed by atoms with Gasteiger partial charge in [0.1, 0.15) is 6.04 Å². The third kappa shape index (κ3) is 6.45. The van der Waals surface area contributed by atoms with Crippen LogP contribution in [-0.4, -0.2) is 51.8 Å². The zero-order valence-corrected chi connectivity index (χ0v) is 20.8. The lowest BCUT2D eigenvalue weighted by Crippen LogP contribution is -2.51. The Kier molecular flexibility index (Phi) is 8.29. The van der Waals surface area contributed by atoms with E-state index in [0.29, 0.717) is 37.8 Å². The Morgan fingerprint density at radius 1 is 1.14 bits per heavy atom. The highest BCUT2D eigenvalue weighted by Crippen LogP contribution is 2.19. The van der Waals surface area contributed by atoms with E-state index >= 15 is 0 Å². The number of pyridine rings is 1. The van der Waals surface area contributed by atoms with Crippen molar-refractivity contribution in [3.63, 3.8) is 0 Å². The van der Waals surface area contributed by atoms with Crippen molar-refractivity contribution in [2.45, 2.75) is 51.4 Å². The molecule has 2 amide bonds. The van der Waals surface area contributed by atoms with Crippen LogP contribution in [-0.2, 0) is 32.2 Å². The molecule has 0 bridgehead atoms. The maximum atomic E-state index is 12.8. The van der Waals surface area contributed by atoms with Gasteiger partial charge in [0.05, 0.1) is 25.3 Å². The molecule has 4 N–H and O–H groups in total. The maximum Gasteiger partial charge on any atom is 0.240 e. The first-order chi connectivity index (χ1) is 17.3. The molecule has 36 heavy (non-hydrogen) atoms. The van der Waals surface area contributed by atoms with Crippen LogP contribution < -0.4 is 16.4 Å². The molecule has 1 aliphatic rings. The second kappa shape index (κ2) is 11.6. The molecule has 1 aliphatic heterocycles. The smallest absolute Gasteiger partial charge is 0.240 e. The van der Waals surface area contributed by atoms with Gasteiger partial charge in [-0.15, -0.1) is 10.2 Å². The third-order valence-corrected chi connectivity index (χ3v) is 6.17. The summed E-state index contributed by atoms with van der Waals surface area (Å²) >= 11 is 0. The van der Waals surface area contributed by atoms with Crippen LogP contribution in [0.5, 0.6) is 0 Å². The van der Waals surface area contributed by atoms with E-state index in [9.17, 15) is 9.59 Å². The number of fused-ring (bicyclic) bond motifs is 1. The van der Waals surface area contributed by atoms with E-state index in [1.807, 2.05) is 52.9 Å². The number of hydrogen-bond acceptors (Lipinski definition) is 7. The van der Waals surface area contributed by atoms with E-state index in [-0.39, 0.29) is 24.3 Å². The second-order valence-corrected chi connectivity index (χ2v) is 9.62. The number of amides is 2. The number of carbonyl (C=O) groups excluding carboxylic acids is 2. The molecule has 4 rings (SSSR count). The van der Waals surface area contributed by atoms with Gasteiger partial charge in [-0.25, -0.2) is 0 Å². The summed E-state index contributed by atoms with van der Waals surface area (Å²) in [5.41, 5.74) is 7.38. The molecule has 2 aromatic heterocycles. The van der Waals surface area contributed by atoms with E-state index in [1.165, 1.54) is 0 Å². The molecule has 10 heteroatoms. The fourth-order valence-corrected chi connectivity index (χ4v) is 4.07. The van der Waals surface area contributed by atoms with E-state index in [1.54, 1.807) is 13.8 Å². The summed E-state index contributed by atoms with van der Waals surface area (Å²) in [6.07, 6.45) is 1.44. The van der Waals surface area contributed by atoms with E-state index in [4.69, 9.17) is 15.2 Å². The summed E-state index contributed by atoms with van der Waals surface area (Å²) in [6, 6.07) is 14.8. The Morgan fingerprint density at radius 3 is 2.61 bits per heavy atom. The molecule has 192 valence electrons. The lowest BCUT2D eigenvalue weighted by Gasteiger charge is -2.24. The van der Waals surface area contributed by atoms with Crippen LogP contribution in [0.3, 0.4) is 0 Å². The molecular formula is C26H34N6O4.